The van der Waals surface area contributed by atoms with Crippen molar-refractivity contribution >= 4 is 17.2 Å². The fourth-order valence-electron chi connectivity index (χ4n) is 4.55. The normalized spacial score (nSPS) is 33.7. The van der Waals surface area contributed by atoms with Crippen molar-refractivity contribution in [3.8, 4) is 0 Å². The van der Waals surface area contributed by atoms with Crippen LogP contribution in [0.25, 0.3) is 0 Å². The molecule has 0 radical (unpaired) electrons. The average molecular weight is 353 g/mol. The predicted molar refractivity (Wildman–Crippen MR) is 93.7 cm³/mol. The molecule has 1 heterocycles. The largest absolute Gasteiger partial charge is 0.390 e. The van der Waals surface area contributed by atoms with Crippen LogP contribution in [-0.4, -0.2) is 34.9 Å². The van der Waals surface area contributed by atoms with E-state index in [4.69, 9.17) is 4.74 Å². The molecule has 1 N–H and O–H groups in total. The van der Waals surface area contributed by atoms with Gasteiger partial charge in [0.25, 0.3) is 5.91 Å². The third-order valence-electron chi connectivity index (χ3n) is 5.29. The fraction of sp³-hybridized carbons (Fsp3) is 0.778. The maximum absolute atomic E-state index is 12.7. The number of aromatic nitrogens is 1. The van der Waals surface area contributed by atoms with Crippen molar-refractivity contribution in [2.24, 2.45) is 22.7 Å². The molecule has 3 rings (SSSR count). The van der Waals surface area contributed by atoms with E-state index in [-0.39, 0.29) is 11.8 Å². The Balaban J connectivity index is 1.74. The third kappa shape index (κ3) is 4.16. The molecule has 4 atom stereocenters. The van der Waals surface area contributed by atoms with Gasteiger partial charge in [0.1, 0.15) is 0 Å². The second-order valence-electron chi connectivity index (χ2n) is 7.80. The first-order chi connectivity index (χ1) is 11.4. The monoisotopic (exact) mass is 352 g/mol. The fourth-order valence-corrected chi connectivity index (χ4v) is 5.42. The molecule has 0 unspecified atom stereocenters. The van der Waals surface area contributed by atoms with Gasteiger partial charge >= 0.3 is 0 Å². The second kappa shape index (κ2) is 7.10. The van der Waals surface area contributed by atoms with Gasteiger partial charge in [0.15, 0.2) is 4.80 Å². The Morgan fingerprint density at radius 2 is 2.08 bits per heavy atom. The van der Waals surface area contributed by atoms with Crippen LogP contribution in [-0.2, 0) is 16.1 Å². The number of nitrogens with zero attached hydrogens (tertiary/aromatic N) is 2. The van der Waals surface area contributed by atoms with E-state index < -0.39 is 5.60 Å². The molecule has 2 bridgehead atoms. The number of hydrogen-bond donors (Lipinski definition) is 1. The molecule has 2 saturated carbocycles. The Bertz CT molecular complexity index is 645. The zero-order valence-electron chi connectivity index (χ0n) is 14.8. The summed E-state index contributed by atoms with van der Waals surface area (Å²) in [6.45, 7) is 5.29. The van der Waals surface area contributed by atoms with Crippen LogP contribution in [0.2, 0.25) is 0 Å². The zero-order valence-corrected chi connectivity index (χ0v) is 15.6. The summed E-state index contributed by atoms with van der Waals surface area (Å²) in [5, 5.41) is 10.3. The highest BCUT2D eigenvalue weighted by atomic mass is 32.1. The van der Waals surface area contributed by atoms with Gasteiger partial charge in [0.05, 0.1) is 12.2 Å². The predicted octanol–water partition coefficient (Wildman–Crippen LogP) is 2.51. The van der Waals surface area contributed by atoms with Crippen molar-refractivity contribution in [3.05, 3.63) is 15.9 Å². The van der Waals surface area contributed by atoms with Gasteiger partial charge in [-0.05, 0) is 57.8 Å². The molecule has 0 aromatic carbocycles. The number of fused-ring (bicyclic) bond motifs is 2. The van der Waals surface area contributed by atoms with Crippen molar-refractivity contribution in [3.63, 3.8) is 0 Å². The van der Waals surface area contributed by atoms with Crippen LogP contribution < -0.4 is 4.80 Å². The molecule has 134 valence electrons. The first-order valence-electron chi connectivity index (χ1n) is 8.83. The molecule has 0 saturated heterocycles. The summed E-state index contributed by atoms with van der Waals surface area (Å²) < 4.78 is 7.14. The summed E-state index contributed by atoms with van der Waals surface area (Å²) in [5.41, 5.74) is -0.549. The molecule has 24 heavy (non-hydrogen) atoms. The highest BCUT2D eigenvalue weighted by Crippen LogP contribution is 2.46. The zero-order chi connectivity index (χ0) is 17.3. The third-order valence-corrected chi connectivity index (χ3v) is 6.22. The molecule has 6 heteroatoms. The lowest BCUT2D eigenvalue weighted by Gasteiger charge is -2.44. The van der Waals surface area contributed by atoms with Crippen LogP contribution in [0.5, 0.6) is 0 Å². The van der Waals surface area contributed by atoms with Crippen molar-refractivity contribution in [1.29, 1.82) is 0 Å². The van der Waals surface area contributed by atoms with E-state index in [1.165, 1.54) is 0 Å². The lowest BCUT2D eigenvalue weighted by Crippen LogP contribution is -2.42. The number of ether oxygens (including phenoxy) is 1. The molecule has 2 aliphatic rings. The van der Waals surface area contributed by atoms with Crippen molar-refractivity contribution in [2.45, 2.75) is 58.1 Å². The number of aryl methyl sites for hydroxylation is 1. The van der Waals surface area contributed by atoms with Crippen LogP contribution in [0.4, 0.5) is 0 Å². The Morgan fingerprint density at radius 1 is 1.42 bits per heavy atom. The molecule has 2 aliphatic carbocycles. The number of methoxy groups -OCH3 is 1. The number of hydrogen-bond acceptors (Lipinski definition) is 4. The van der Waals surface area contributed by atoms with Crippen molar-refractivity contribution in [1.82, 2.24) is 4.57 Å². The maximum atomic E-state index is 12.7. The minimum absolute atomic E-state index is 0.0132. The maximum Gasteiger partial charge on any atom is 0.251 e. The SMILES string of the molecule is COCCn1cc(C)s/c1=N\C(=O)[C@H]1C[C@H]2C[C@@H](C1)C[C@](C)(O)C2. The van der Waals surface area contributed by atoms with E-state index in [1.54, 1.807) is 18.4 Å². The van der Waals surface area contributed by atoms with E-state index in [1.807, 2.05) is 24.6 Å². The van der Waals surface area contributed by atoms with Crippen LogP contribution in [0, 0.1) is 24.7 Å². The summed E-state index contributed by atoms with van der Waals surface area (Å²) in [4.78, 5) is 19.1. The van der Waals surface area contributed by atoms with Crippen LogP contribution in [0.15, 0.2) is 11.2 Å². The van der Waals surface area contributed by atoms with Gasteiger partial charge in [-0.15, -0.1) is 11.3 Å². The molecular weight excluding hydrogens is 324 g/mol. The number of thiazole rings is 1. The summed E-state index contributed by atoms with van der Waals surface area (Å²) in [6.07, 6.45) is 6.57. The van der Waals surface area contributed by atoms with Gasteiger partial charge in [-0.2, -0.15) is 4.99 Å². The van der Waals surface area contributed by atoms with E-state index in [0.29, 0.717) is 25.0 Å². The standard InChI is InChI=1S/C18H28N2O3S/c1-12-11-20(4-5-23-3)17(24-12)19-16(21)15-7-13-6-14(8-15)10-18(2,22)9-13/h11,13-15,22H,4-10H2,1-3H3/b19-17-/t13-,14+,15+,18-. The van der Waals surface area contributed by atoms with Crippen LogP contribution >= 0.6 is 11.3 Å². The van der Waals surface area contributed by atoms with Crippen LogP contribution in [0.1, 0.15) is 43.9 Å². The van der Waals surface area contributed by atoms with Crippen molar-refractivity contribution in [2.75, 3.05) is 13.7 Å². The summed E-state index contributed by atoms with van der Waals surface area (Å²) in [5.74, 6) is 0.951. The van der Waals surface area contributed by atoms with E-state index in [2.05, 4.69) is 4.99 Å². The number of amides is 1. The molecular formula is C18H28N2O3S. The van der Waals surface area contributed by atoms with Crippen LogP contribution in [0.3, 0.4) is 0 Å². The topological polar surface area (TPSA) is 63.8 Å². The minimum Gasteiger partial charge on any atom is -0.390 e. The molecule has 1 aromatic heterocycles. The Hall–Kier alpha value is -0.980. The smallest absolute Gasteiger partial charge is 0.251 e. The highest BCUT2D eigenvalue weighted by Gasteiger charge is 2.42. The quantitative estimate of drug-likeness (QED) is 0.905. The molecule has 1 aromatic rings. The Labute approximate surface area is 147 Å². The van der Waals surface area contributed by atoms with E-state index in [9.17, 15) is 9.90 Å². The second-order valence-corrected chi connectivity index (χ2v) is 9.02. The minimum atomic E-state index is -0.549. The summed E-state index contributed by atoms with van der Waals surface area (Å²) in [7, 11) is 1.68. The molecule has 2 fully saturated rings. The van der Waals surface area contributed by atoms with Gasteiger partial charge < -0.3 is 14.4 Å². The molecule has 0 aliphatic heterocycles. The Kier molecular flexibility index (Phi) is 5.27. The van der Waals surface area contributed by atoms with Gasteiger partial charge in [-0.25, -0.2) is 0 Å². The van der Waals surface area contributed by atoms with E-state index in [0.717, 1.165) is 41.8 Å². The molecule has 5 nitrogen and oxygen atoms in total. The first kappa shape index (κ1) is 17.8. The summed E-state index contributed by atoms with van der Waals surface area (Å²) >= 11 is 1.56. The highest BCUT2D eigenvalue weighted by molar-refractivity contribution is 7.09. The lowest BCUT2D eigenvalue weighted by molar-refractivity contribution is -0.126. The van der Waals surface area contributed by atoms with Crippen molar-refractivity contribution < 1.29 is 14.6 Å². The van der Waals surface area contributed by atoms with Gasteiger partial charge in [0, 0.05) is 30.6 Å². The average Bonchev–Trinajstić information content (AvgIpc) is 2.82. The number of carbonyl (C=O) groups is 1. The molecule has 0 spiro atoms. The van der Waals surface area contributed by atoms with E-state index >= 15 is 0 Å². The summed E-state index contributed by atoms with van der Waals surface area (Å²) in [6, 6.07) is 0. The number of rotatable bonds is 4. The first-order valence-corrected chi connectivity index (χ1v) is 9.65. The van der Waals surface area contributed by atoms with Gasteiger partial charge in [0.2, 0.25) is 0 Å². The van der Waals surface area contributed by atoms with Gasteiger partial charge in [-0.1, -0.05) is 0 Å². The van der Waals surface area contributed by atoms with Gasteiger partial charge in [-0.3, -0.25) is 4.79 Å². The Morgan fingerprint density at radius 3 is 2.71 bits per heavy atom. The number of carbonyl (C=O) groups excluding carboxylic acids is 1. The molecule has 1 amide bonds. The number of aliphatic hydroxyl groups is 1. The lowest BCUT2D eigenvalue weighted by atomic mass is 9.63.